The van der Waals surface area contributed by atoms with Gasteiger partial charge in [0.05, 0.1) is 0 Å². The number of ether oxygens (including phenoxy) is 2. The molecular formula is C40H48N2O2. The van der Waals surface area contributed by atoms with Crippen molar-refractivity contribution >= 4 is 11.4 Å². The maximum absolute atomic E-state index is 6.14. The minimum Gasteiger partial charge on any atom is -0.457 e. The Morgan fingerprint density at radius 1 is 0.545 bits per heavy atom. The molecule has 0 spiro atoms. The third kappa shape index (κ3) is 7.07. The summed E-state index contributed by atoms with van der Waals surface area (Å²) in [5.41, 5.74) is 15.9. The monoisotopic (exact) mass is 588 g/mol. The Morgan fingerprint density at radius 3 is 1.34 bits per heavy atom. The molecule has 0 heterocycles. The Kier molecular flexibility index (Phi) is 9.45. The second-order valence-corrected chi connectivity index (χ2v) is 13.2. The van der Waals surface area contributed by atoms with Crippen LogP contribution in [0, 0.1) is 17.8 Å². The lowest BCUT2D eigenvalue weighted by Gasteiger charge is -2.44. The largest absolute Gasteiger partial charge is 0.457 e. The number of benzene rings is 4. The average Bonchev–Trinajstić information content (AvgIpc) is 3.07. The maximum Gasteiger partial charge on any atom is 0.127 e. The fourth-order valence-corrected chi connectivity index (χ4v) is 7.82. The van der Waals surface area contributed by atoms with Crippen LogP contribution in [0.4, 0.5) is 11.4 Å². The van der Waals surface area contributed by atoms with Gasteiger partial charge in [0, 0.05) is 16.8 Å². The summed E-state index contributed by atoms with van der Waals surface area (Å²) >= 11 is 0. The molecule has 0 unspecified atom stereocenters. The van der Waals surface area contributed by atoms with E-state index >= 15 is 0 Å². The highest BCUT2D eigenvalue weighted by Crippen LogP contribution is 2.51. The van der Waals surface area contributed by atoms with Crippen LogP contribution >= 0.6 is 0 Å². The van der Waals surface area contributed by atoms with E-state index in [0.717, 1.165) is 52.1 Å². The van der Waals surface area contributed by atoms with Crippen molar-refractivity contribution in [3.63, 3.8) is 0 Å². The molecule has 6 rings (SSSR count). The number of rotatable bonds is 10. The van der Waals surface area contributed by atoms with Crippen LogP contribution in [0.2, 0.25) is 0 Å². The van der Waals surface area contributed by atoms with Crippen LogP contribution in [-0.2, 0) is 5.41 Å². The Labute approximate surface area is 263 Å². The van der Waals surface area contributed by atoms with Crippen LogP contribution in [0.1, 0.15) is 88.7 Å². The summed E-state index contributed by atoms with van der Waals surface area (Å²) < 4.78 is 12.3. The SMILES string of the molecule is CCCC[C@H]1CC[C@@H](C2CCC(c3ccc(Oc4ccc(N)cc4)cc3)(c3ccc(Oc4ccc(N)cc4)cc3)CC2)CC1. The highest BCUT2D eigenvalue weighted by atomic mass is 16.5. The minimum absolute atomic E-state index is 0.0196. The Morgan fingerprint density at radius 2 is 0.932 bits per heavy atom. The van der Waals surface area contributed by atoms with Gasteiger partial charge in [-0.3, -0.25) is 0 Å². The van der Waals surface area contributed by atoms with Crippen molar-refractivity contribution in [3.05, 3.63) is 108 Å². The van der Waals surface area contributed by atoms with E-state index in [2.05, 4.69) is 55.5 Å². The van der Waals surface area contributed by atoms with Crippen molar-refractivity contribution in [1.82, 2.24) is 0 Å². The molecule has 4 N–H and O–H groups in total. The first kappa shape index (κ1) is 30.1. The van der Waals surface area contributed by atoms with E-state index in [1.54, 1.807) is 0 Å². The van der Waals surface area contributed by atoms with Crippen molar-refractivity contribution in [2.45, 2.75) is 83.0 Å². The van der Waals surface area contributed by atoms with Gasteiger partial charge in [-0.05, 0) is 140 Å². The summed E-state index contributed by atoms with van der Waals surface area (Å²) in [4.78, 5) is 0. The van der Waals surface area contributed by atoms with Crippen molar-refractivity contribution in [3.8, 4) is 23.0 Å². The topological polar surface area (TPSA) is 70.5 Å². The lowest BCUT2D eigenvalue weighted by Crippen LogP contribution is -2.35. The van der Waals surface area contributed by atoms with Gasteiger partial charge in [0.25, 0.3) is 0 Å². The molecule has 2 saturated carbocycles. The summed E-state index contributed by atoms with van der Waals surface area (Å²) in [5.74, 6) is 5.99. The molecule has 2 aliphatic carbocycles. The number of hydrogen-bond acceptors (Lipinski definition) is 4. The zero-order valence-corrected chi connectivity index (χ0v) is 26.2. The zero-order valence-electron chi connectivity index (χ0n) is 26.2. The molecule has 0 radical (unpaired) electrons. The average molecular weight is 589 g/mol. The first-order valence-electron chi connectivity index (χ1n) is 16.8. The molecule has 230 valence electrons. The predicted octanol–water partition coefficient (Wildman–Crippen LogP) is 10.9. The molecule has 0 bridgehead atoms. The van der Waals surface area contributed by atoms with E-state index in [1.165, 1.54) is 81.8 Å². The normalized spacial score (nSPS) is 20.2. The molecule has 4 nitrogen and oxygen atoms in total. The summed E-state index contributed by atoms with van der Waals surface area (Å²) in [5, 5.41) is 0. The molecule has 0 saturated heterocycles. The van der Waals surface area contributed by atoms with Gasteiger partial charge < -0.3 is 20.9 Å². The van der Waals surface area contributed by atoms with Gasteiger partial charge in [-0.2, -0.15) is 0 Å². The van der Waals surface area contributed by atoms with E-state index in [4.69, 9.17) is 20.9 Å². The lowest BCUT2D eigenvalue weighted by atomic mass is 9.60. The molecule has 0 aliphatic heterocycles. The summed E-state index contributed by atoms with van der Waals surface area (Å²) in [6.07, 6.45) is 14.8. The van der Waals surface area contributed by atoms with E-state index < -0.39 is 0 Å². The Hall–Kier alpha value is -3.92. The van der Waals surface area contributed by atoms with Gasteiger partial charge in [0.2, 0.25) is 0 Å². The maximum atomic E-state index is 6.14. The van der Waals surface area contributed by atoms with Gasteiger partial charge >= 0.3 is 0 Å². The number of hydrogen-bond donors (Lipinski definition) is 2. The molecule has 0 aromatic heterocycles. The van der Waals surface area contributed by atoms with E-state index in [0.29, 0.717) is 0 Å². The molecule has 0 amide bonds. The van der Waals surface area contributed by atoms with Crippen LogP contribution in [0.3, 0.4) is 0 Å². The van der Waals surface area contributed by atoms with Crippen molar-refractivity contribution in [2.24, 2.45) is 17.8 Å². The van der Waals surface area contributed by atoms with Crippen LogP contribution in [-0.4, -0.2) is 0 Å². The zero-order chi connectivity index (χ0) is 30.4. The second-order valence-electron chi connectivity index (χ2n) is 13.2. The summed E-state index contributed by atoms with van der Waals surface area (Å²) in [7, 11) is 0. The first-order valence-corrected chi connectivity index (χ1v) is 16.8. The number of nitrogen functional groups attached to an aromatic ring is 2. The third-order valence-electron chi connectivity index (χ3n) is 10.5. The van der Waals surface area contributed by atoms with Crippen LogP contribution in [0.5, 0.6) is 23.0 Å². The van der Waals surface area contributed by atoms with E-state index in [9.17, 15) is 0 Å². The lowest BCUT2D eigenvalue weighted by molar-refractivity contribution is 0.140. The molecule has 4 aromatic rings. The van der Waals surface area contributed by atoms with E-state index in [1.807, 2.05) is 48.5 Å². The first-order chi connectivity index (χ1) is 21.5. The van der Waals surface area contributed by atoms with Crippen molar-refractivity contribution in [1.29, 1.82) is 0 Å². The Balaban J connectivity index is 1.20. The van der Waals surface area contributed by atoms with Gasteiger partial charge in [0.15, 0.2) is 0 Å². The Bertz CT molecular complexity index is 1350. The molecule has 4 heteroatoms. The number of unbranched alkanes of at least 4 members (excludes halogenated alkanes) is 1. The van der Waals surface area contributed by atoms with Crippen molar-refractivity contribution < 1.29 is 9.47 Å². The minimum atomic E-state index is -0.0196. The van der Waals surface area contributed by atoms with Gasteiger partial charge in [-0.15, -0.1) is 0 Å². The highest BCUT2D eigenvalue weighted by molar-refractivity contribution is 5.47. The van der Waals surface area contributed by atoms with E-state index in [-0.39, 0.29) is 5.41 Å². The standard InChI is InChI=1S/C40H48N2O2/c1-2-3-4-29-5-7-30(8-6-29)31-25-27-40(28-26-31,32-9-17-36(18-10-32)43-38-21-13-34(41)14-22-38)33-11-19-37(20-12-33)44-39-23-15-35(42)16-24-39/h9-24,29-31H,2-8,25-28,41-42H2,1H3/t29-,30+. The molecule has 0 atom stereocenters. The third-order valence-corrected chi connectivity index (χ3v) is 10.5. The molecule has 2 fully saturated rings. The predicted molar refractivity (Wildman–Crippen MR) is 182 cm³/mol. The fraction of sp³-hybridized carbons (Fsp3) is 0.400. The number of anilines is 2. The smallest absolute Gasteiger partial charge is 0.127 e. The molecule has 44 heavy (non-hydrogen) atoms. The molecular weight excluding hydrogens is 540 g/mol. The summed E-state index contributed by atoms with van der Waals surface area (Å²) in [6.45, 7) is 2.32. The summed E-state index contributed by atoms with van der Waals surface area (Å²) in [6, 6.07) is 32.8. The quantitative estimate of drug-likeness (QED) is 0.181. The molecule has 2 aliphatic rings. The van der Waals surface area contributed by atoms with Crippen LogP contribution in [0.15, 0.2) is 97.1 Å². The number of nitrogens with two attached hydrogens (primary N) is 2. The second kappa shape index (κ2) is 13.8. The van der Waals surface area contributed by atoms with Gasteiger partial charge in [-0.25, -0.2) is 0 Å². The van der Waals surface area contributed by atoms with Gasteiger partial charge in [-0.1, -0.05) is 63.3 Å². The highest BCUT2D eigenvalue weighted by Gasteiger charge is 2.41. The van der Waals surface area contributed by atoms with Gasteiger partial charge in [0.1, 0.15) is 23.0 Å². The molecule has 4 aromatic carbocycles. The fourth-order valence-electron chi connectivity index (χ4n) is 7.82. The van der Waals surface area contributed by atoms with Crippen molar-refractivity contribution in [2.75, 3.05) is 11.5 Å². The van der Waals surface area contributed by atoms with Crippen LogP contribution < -0.4 is 20.9 Å². The van der Waals surface area contributed by atoms with Crippen LogP contribution in [0.25, 0.3) is 0 Å².